The number of carbonyl (C=O) groups is 1. The summed E-state index contributed by atoms with van der Waals surface area (Å²) in [5, 5.41) is 2.60. The Kier molecular flexibility index (Phi) is 4.89. The standard InChI is InChI=1S/C14H18F2N2O2/c15-11-6-10(13(17)7-12(11)16)14(19)18-4-1-5-20-8-9-2-3-9/h6-7,9H,1-5,8,17H2,(H,18,19). The second kappa shape index (κ2) is 6.65. The Hall–Kier alpha value is -1.69. The molecule has 1 aromatic rings. The lowest BCUT2D eigenvalue weighted by molar-refractivity contribution is 0.0937. The number of hydrogen-bond acceptors (Lipinski definition) is 3. The van der Waals surface area contributed by atoms with Crippen molar-refractivity contribution < 1.29 is 18.3 Å². The molecule has 2 rings (SSSR count). The number of hydrogen-bond donors (Lipinski definition) is 2. The molecule has 1 aliphatic carbocycles. The van der Waals surface area contributed by atoms with Gasteiger partial charge < -0.3 is 15.8 Å². The van der Waals surface area contributed by atoms with Crippen LogP contribution in [-0.4, -0.2) is 25.7 Å². The molecule has 0 aliphatic heterocycles. The van der Waals surface area contributed by atoms with Gasteiger partial charge in [-0.25, -0.2) is 8.78 Å². The second-order valence-corrected chi connectivity index (χ2v) is 4.98. The summed E-state index contributed by atoms with van der Waals surface area (Å²) in [5.74, 6) is -1.94. The van der Waals surface area contributed by atoms with E-state index in [4.69, 9.17) is 10.5 Å². The third kappa shape index (κ3) is 4.16. The minimum atomic E-state index is -1.09. The van der Waals surface area contributed by atoms with E-state index in [0.717, 1.165) is 18.7 Å². The highest BCUT2D eigenvalue weighted by Crippen LogP contribution is 2.28. The minimum Gasteiger partial charge on any atom is -0.398 e. The number of benzene rings is 1. The number of nitrogens with two attached hydrogens (primary N) is 1. The maximum absolute atomic E-state index is 13.1. The van der Waals surface area contributed by atoms with Crippen LogP contribution < -0.4 is 11.1 Å². The van der Waals surface area contributed by atoms with Gasteiger partial charge in [-0.3, -0.25) is 4.79 Å². The van der Waals surface area contributed by atoms with E-state index in [0.29, 0.717) is 25.5 Å². The first-order chi connectivity index (χ1) is 9.58. The quantitative estimate of drug-likeness (QED) is 0.595. The summed E-state index contributed by atoms with van der Waals surface area (Å²) >= 11 is 0. The highest BCUT2D eigenvalue weighted by atomic mass is 19.2. The van der Waals surface area contributed by atoms with Crippen molar-refractivity contribution in [1.82, 2.24) is 5.32 Å². The molecule has 0 atom stereocenters. The Morgan fingerprint density at radius 3 is 2.75 bits per heavy atom. The third-order valence-electron chi connectivity index (χ3n) is 3.14. The van der Waals surface area contributed by atoms with Gasteiger partial charge in [0.05, 0.1) is 5.56 Å². The van der Waals surface area contributed by atoms with Gasteiger partial charge in [0, 0.05) is 31.5 Å². The molecule has 20 heavy (non-hydrogen) atoms. The molecule has 0 unspecified atom stereocenters. The maximum atomic E-state index is 13.1. The van der Waals surface area contributed by atoms with Crippen molar-refractivity contribution in [3.8, 4) is 0 Å². The third-order valence-corrected chi connectivity index (χ3v) is 3.14. The zero-order valence-electron chi connectivity index (χ0n) is 11.1. The topological polar surface area (TPSA) is 64.4 Å². The summed E-state index contributed by atoms with van der Waals surface area (Å²) in [7, 11) is 0. The highest BCUT2D eigenvalue weighted by Gasteiger charge is 2.20. The Labute approximate surface area is 116 Å². The second-order valence-electron chi connectivity index (χ2n) is 4.98. The van der Waals surface area contributed by atoms with Crippen LogP contribution in [0.2, 0.25) is 0 Å². The molecule has 3 N–H and O–H groups in total. The molecule has 6 heteroatoms. The van der Waals surface area contributed by atoms with Gasteiger partial charge in [-0.2, -0.15) is 0 Å². The predicted molar refractivity (Wildman–Crippen MR) is 71.3 cm³/mol. The van der Waals surface area contributed by atoms with Gasteiger partial charge in [0.25, 0.3) is 5.91 Å². The minimum absolute atomic E-state index is 0.0530. The number of ether oxygens (including phenoxy) is 1. The van der Waals surface area contributed by atoms with Gasteiger partial charge in [0.15, 0.2) is 11.6 Å². The average molecular weight is 284 g/mol. The summed E-state index contributed by atoms with van der Waals surface area (Å²) in [6.07, 6.45) is 3.15. The Morgan fingerprint density at radius 1 is 1.35 bits per heavy atom. The van der Waals surface area contributed by atoms with Crippen LogP contribution >= 0.6 is 0 Å². The number of nitrogen functional groups attached to an aromatic ring is 1. The fourth-order valence-electron chi connectivity index (χ4n) is 1.76. The van der Waals surface area contributed by atoms with E-state index in [1.807, 2.05) is 0 Å². The van der Waals surface area contributed by atoms with Crippen molar-refractivity contribution in [2.45, 2.75) is 19.3 Å². The van der Waals surface area contributed by atoms with Crippen LogP contribution in [0.4, 0.5) is 14.5 Å². The first-order valence-corrected chi connectivity index (χ1v) is 6.68. The molecule has 1 aromatic carbocycles. The Morgan fingerprint density at radius 2 is 2.05 bits per heavy atom. The van der Waals surface area contributed by atoms with Crippen molar-refractivity contribution >= 4 is 11.6 Å². The molecule has 0 bridgehead atoms. The number of nitrogens with one attached hydrogen (secondary N) is 1. The van der Waals surface area contributed by atoms with Crippen LogP contribution in [0, 0.1) is 17.6 Å². The van der Waals surface area contributed by atoms with Gasteiger partial charge in [-0.15, -0.1) is 0 Å². The fraction of sp³-hybridized carbons (Fsp3) is 0.500. The lowest BCUT2D eigenvalue weighted by Crippen LogP contribution is -2.26. The van der Waals surface area contributed by atoms with Gasteiger partial charge in [-0.1, -0.05) is 0 Å². The van der Waals surface area contributed by atoms with Crippen LogP contribution in [0.25, 0.3) is 0 Å². The summed E-state index contributed by atoms with van der Waals surface area (Å²) < 4.78 is 31.4. The molecule has 1 saturated carbocycles. The zero-order chi connectivity index (χ0) is 14.5. The summed E-state index contributed by atoms with van der Waals surface area (Å²) in [6, 6.07) is 1.62. The van der Waals surface area contributed by atoms with E-state index in [2.05, 4.69) is 5.32 Å². The molecule has 1 fully saturated rings. The number of carbonyl (C=O) groups excluding carboxylic acids is 1. The SMILES string of the molecule is Nc1cc(F)c(F)cc1C(=O)NCCCOCC1CC1. The zero-order valence-corrected chi connectivity index (χ0v) is 11.1. The lowest BCUT2D eigenvalue weighted by atomic mass is 10.1. The molecule has 0 saturated heterocycles. The van der Waals surface area contributed by atoms with Gasteiger partial charge in [-0.05, 0) is 31.2 Å². The fourth-order valence-corrected chi connectivity index (χ4v) is 1.76. The molecule has 0 spiro atoms. The Balaban J connectivity index is 1.72. The monoisotopic (exact) mass is 284 g/mol. The molecule has 110 valence electrons. The van der Waals surface area contributed by atoms with Gasteiger partial charge in [0.2, 0.25) is 0 Å². The average Bonchev–Trinajstić information content (AvgIpc) is 3.21. The van der Waals surface area contributed by atoms with E-state index in [1.165, 1.54) is 12.8 Å². The van der Waals surface area contributed by atoms with E-state index in [1.54, 1.807) is 0 Å². The van der Waals surface area contributed by atoms with Gasteiger partial charge >= 0.3 is 0 Å². The predicted octanol–water partition coefficient (Wildman–Crippen LogP) is 2.09. The van der Waals surface area contributed by atoms with Crippen molar-refractivity contribution in [2.24, 2.45) is 5.92 Å². The number of amides is 1. The molecule has 1 aliphatic rings. The highest BCUT2D eigenvalue weighted by molar-refractivity contribution is 5.99. The maximum Gasteiger partial charge on any atom is 0.253 e. The van der Waals surface area contributed by atoms with Crippen LogP contribution in [0.5, 0.6) is 0 Å². The Bertz CT molecular complexity index is 490. The molecular weight excluding hydrogens is 266 g/mol. The summed E-state index contributed by atoms with van der Waals surface area (Å²) in [6.45, 7) is 1.76. The van der Waals surface area contributed by atoms with E-state index < -0.39 is 17.5 Å². The number of anilines is 1. The normalized spacial score (nSPS) is 14.3. The molecule has 4 nitrogen and oxygen atoms in total. The van der Waals surface area contributed by atoms with Gasteiger partial charge in [0.1, 0.15) is 0 Å². The molecule has 0 radical (unpaired) electrons. The van der Waals surface area contributed by atoms with Crippen LogP contribution in [0.3, 0.4) is 0 Å². The number of halogens is 2. The van der Waals surface area contributed by atoms with E-state index in [-0.39, 0.29) is 11.3 Å². The van der Waals surface area contributed by atoms with Crippen molar-refractivity contribution in [3.63, 3.8) is 0 Å². The first kappa shape index (κ1) is 14.7. The summed E-state index contributed by atoms with van der Waals surface area (Å²) in [4.78, 5) is 11.8. The molecular formula is C14H18F2N2O2. The van der Waals surface area contributed by atoms with E-state index in [9.17, 15) is 13.6 Å². The molecule has 0 aromatic heterocycles. The van der Waals surface area contributed by atoms with Crippen molar-refractivity contribution in [1.29, 1.82) is 0 Å². The largest absolute Gasteiger partial charge is 0.398 e. The van der Waals surface area contributed by atoms with Crippen LogP contribution in [-0.2, 0) is 4.74 Å². The molecule has 0 heterocycles. The first-order valence-electron chi connectivity index (χ1n) is 6.68. The van der Waals surface area contributed by atoms with Crippen LogP contribution in [0.1, 0.15) is 29.6 Å². The van der Waals surface area contributed by atoms with E-state index >= 15 is 0 Å². The van der Waals surface area contributed by atoms with Crippen LogP contribution in [0.15, 0.2) is 12.1 Å². The molecule has 1 amide bonds. The summed E-state index contributed by atoms with van der Waals surface area (Å²) in [5.41, 5.74) is 5.36. The van der Waals surface area contributed by atoms with Crippen molar-refractivity contribution in [3.05, 3.63) is 29.3 Å². The lowest BCUT2D eigenvalue weighted by Gasteiger charge is -2.08. The smallest absolute Gasteiger partial charge is 0.253 e. The number of rotatable bonds is 7. The van der Waals surface area contributed by atoms with Crippen molar-refractivity contribution in [2.75, 3.05) is 25.5 Å².